The molecule has 1 atom stereocenters. The lowest BCUT2D eigenvalue weighted by molar-refractivity contribution is -0.121. The largest absolute Gasteiger partial charge is 0.396 e. The molecule has 0 radical (unpaired) electrons. The third-order valence-electron chi connectivity index (χ3n) is 3.80. The van der Waals surface area contributed by atoms with Gasteiger partial charge in [0.05, 0.1) is 6.42 Å². The van der Waals surface area contributed by atoms with E-state index >= 15 is 0 Å². The van der Waals surface area contributed by atoms with E-state index in [1.807, 2.05) is 12.1 Å². The number of hydrogen-bond donors (Lipinski definition) is 2. The van der Waals surface area contributed by atoms with Crippen molar-refractivity contribution in [3.63, 3.8) is 0 Å². The number of benzene rings is 1. The van der Waals surface area contributed by atoms with Gasteiger partial charge in [-0.3, -0.25) is 4.79 Å². The molecular formula is C18H29NO2. The molecule has 0 bridgehead atoms. The Morgan fingerprint density at radius 1 is 1.19 bits per heavy atom. The van der Waals surface area contributed by atoms with Crippen molar-refractivity contribution in [2.24, 2.45) is 5.92 Å². The first kappa shape index (κ1) is 17.7. The van der Waals surface area contributed by atoms with Gasteiger partial charge in [0.1, 0.15) is 0 Å². The molecular weight excluding hydrogens is 262 g/mol. The van der Waals surface area contributed by atoms with Crippen LogP contribution in [0.4, 0.5) is 0 Å². The average Bonchev–Trinajstić information content (AvgIpc) is 2.46. The Kier molecular flexibility index (Phi) is 8.06. The Balaban J connectivity index is 2.50. The SMILES string of the molecule is CCCCc1ccc(CC(=O)NC(CCO)C(C)C)cc1. The Morgan fingerprint density at radius 2 is 1.81 bits per heavy atom. The van der Waals surface area contributed by atoms with Crippen molar-refractivity contribution < 1.29 is 9.90 Å². The predicted octanol–water partition coefficient (Wildman–Crippen LogP) is 3.09. The number of nitrogens with one attached hydrogen (secondary N) is 1. The summed E-state index contributed by atoms with van der Waals surface area (Å²) in [6.45, 7) is 6.41. The monoisotopic (exact) mass is 291 g/mol. The second kappa shape index (κ2) is 9.56. The molecule has 1 rings (SSSR count). The predicted molar refractivity (Wildman–Crippen MR) is 87.2 cm³/mol. The van der Waals surface area contributed by atoms with Crippen LogP contribution in [-0.4, -0.2) is 23.7 Å². The van der Waals surface area contributed by atoms with E-state index in [4.69, 9.17) is 5.11 Å². The third kappa shape index (κ3) is 6.76. The lowest BCUT2D eigenvalue weighted by Crippen LogP contribution is -2.40. The summed E-state index contributed by atoms with van der Waals surface area (Å²) in [6.07, 6.45) is 4.53. The molecule has 0 aromatic heterocycles. The van der Waals surface area contributed by atoms with Crippen LogP contribution >= 0.6 is 0 Å². The highest BCUT2D eigenvalue weighted by atomic mass is 16.3. The summed E-state index contributed by atoms with van der Waals surface area (Å²) in [5.41, 5.74) is 2.38. The van der Waals surface area contributed by atoms with E-state index in [0.717, 1.165) is 12.0 Å². The van der Waals surface area contributed by atoms with Crippen LogP contribution in [0.1, 0.15) is 51.2 Å². The molecule has 1 amide bonds. The fourth-order valence-electron chi connectivity index (χ4n) is 2.36. The van der Waals surface area contributed by atoms with Crippen LogP contribution in [-0.2, 0) is 17.6 Å². The fourth-order valence-corrected chi connectivity index (χ4v) is 2.36. The molecule has 118 valence electrons. The second-order valence-corrected chi connectivity index (χ2v) is 6.03. The zero-order valence-corrected chi connectivity index (χ0v) is 13.6. The van der Waals surface area contributed by atoms with Gasteiger partial charge in [-0.05, 0) is 36.3 Å². The summed E-state index contributed by atoms with van der Waals surface area (Å²) in [4.78, 5) is 12.1. The first-order chi connectivity index (χ1) is 10.1. The number of amides is 1. The van der Waals surface area contributed by atoms with E-state index < -0.39 is 0 Å². The van der Waals surface area contributed by atoms with Gasteiger partial charge in [0, 0.05) is 12.6 Å². The van der Waals surface area contributed by atoms with Crippen molar-refractivity contribution in [2.75, 3.05) is 6.61 Å². The van der Waals surface area contributed by atoms with Gasteiger partial charge in [0.25, 0.3) is 0 Å². The van der Waals surface area contributed by atoms with Crippen molar-refractivity contribution in [2.45, 2.75) is 58.9 Å². The maximum absolute atomic E-state index is 12.1. The highest BCUT2D eigenvalue weighted by Gasteiger charge is 2.15. The summed E-state index contributed by atoms with van der Waals surface area (Å²) >= 11 is 0. The van der Waals surface area contributed by atoms with E-state index in [2.05, 4.69) is 38.2 Å². The minimum atomic E-state index is 0.0310. The van der Waals surface area contributed by atoms with Crippen LogP contribution in [0.3, 0.4) is 0 Å². The van der Waals surface area contributed by atoms with Crippen LogP contribution in [0.2, 0.25) is 0 Å². The van der Waals surface area contributed by atoms with Crippen LogP contribution < -0.4 is 5.32 Å². The molecule has 0 fully saturated rings. The van der Waals surface area contributed by atoms with Crippen LogP contribution in [0.25, 0.3) is 0 Å². The van der Waals surface area contributed by atoms with E-state index in [0.29, 0.717) is 18.8 Å². The van der Waals surface area contributed by atoms with Crippen molar-refractivity contribution in [3.8, 4) is 0 Å². The molecule has 0 heterocycles. The molecule has 3 nitrogen and oxygen atoms in total. The number of rotatable bonds is 9. The van der Waals surface area contributed by atoms with Crippen LogP contribution in [0, 0.1) is 5.92 Å². The van der Waals surface area contributed by atoms with E-state index in [1.165, 1.54) is 18.4 Å². The number of carbonyl (C=O) groups excluding carboxylic acids is 1. The van der Waals surface area contributed by atoms with Crippen LogP contribution in [0.5, 0.6) is 0 Å². The van der Waals surface area contributed by atoms with Gasteiger partial charge in [-0.15, -0.1) is 0 Å². The summed E-state index contributed by atoms with van der Waals surface area (Å²) in [6, 6.07) is 8.37. The molecule has 1 aromatic rings. The molecule has 1 aromatic carbocycles. The van der Waals surface area contributed by atoms with Gasteiger partial charge >= 0.3 is 0 Å². The van der Waals surface area contributed by atoms with Crippen LogP contribution in [0.15, 0.2) is 24.3 Å². The van der Waals surface area contributed by atoms with Gasteiger partial charge in [0.2, 0.25) is 5.91 Å². The van der Waals surface area contributed by atoms with Gasteiger partial charge < -0.3 is 10.4 Å². The number of carbonyl (C=O) groups is 1. The fraction of sp³-hybridized carbons (Fsp3) is 0.611. The van der Waals surface area contributed by atoms with Gasteiger partial charge in [0.15, 0.2) is 0 Å². The third-order valence-corrected chi connectivity index (χ3v) is 3.80. The number of aliphatic hydroxyl groups is 1. The van der Waals surface area contributed by atoms with E-state index in [-0.39, 0.29) is 18.6 Å². The maximum atomic E-state index is 12.1. The van der Waals surface area contributed by atoms with Crippen molar-refractivity contribution in [1.29, 1.82) is 0 Å². The summed E-state index contributed by atoms with van der Waals surface area (Å²) < 4.78 is 0. The minimum Gasteiger partial charge on any atom is -0.396 e. The summed E-state index contributed by atoms with van der Waals surface area (Å²) in [5, 5.41) is 12.1. The number of aliphatic hydroxyl groups excluding tert-OH is 1. The smallest absolute Gasteiger partial charge is 0.224 e. The molecule has 0 aliphatic rings. The first-order valence-corrected chi connectivity index (χ1v) is 8.04. The highest BCUT2D eigenvalue weighted by molar-refractivity contribution is 5.78. The molecule has 2 N–H and O–H groups in total. The lowest BCUT2D eigenvalue weighted by Gasteiger charge is -2.21. The molecule has 0 aliphatic heterocycles. The van der Waals surface area contributed by atoms with E-state index in [1.54, 1.807) is 0 Å². The topological polar surface area (TPSA) is 49.3 Å². The lowest BCUT2D eigenvalue weighted by atomic mass is 10.0. The van der Waals surface area contributed by atoms with Gasteiger partial charge in [-0.25, -0.2) is 0 Å². The Labute approximate surface area is 128 Å². The Morgan fingerprint density at radius 3 is 2.33 bits per heavy atom. The molecule has 1 unspecified atom stereocenters. The zero-order valence-electron chi connectivity index (χ0n) is 13.6. The second-order valence-electron chi connectivity index (χ2n) is 6.03. The van der Waals surface area contributed by atoms with Gasteiger partial charge in [-0.1, -0.05) is 51.5 Å². The molecule has 0 saturated carbocycles. The quantitative estimate of drug-likeness (QED) is 0.734. The Hall–Kier alpha value is -1.35. The standard InChI is InChI=1S/C18H29NO2/c1-4-5-6-15-7-9-16(10-8-15)13-18(21)19-17(11-12-20)14(2)3/h7-10,14,17,20H,4-6,11-13H2,1-3H3,(H,19,21). The highest BCUT2D eigenvalue weighted by Crippen LogP contribution is 2.10. The Bertz CT molecular complexity index is 412. The van der Waals surface area contributed by atoms with Crippen molar-refractivity contribution >= 4 is 5.91 Å². The van der Waals surface area contributed by atoms with Crippen molar-refractivity contribution in [3.05, 3.63) is 35.4 Å². The van der Waals surface area contributed by atoms with E-state index in [9.17, 15) is 4.79 Å². The maximum Gasteiger partial charge on any atom is 0.224 e. The normalized spacial score (nSPS) is 12.4. The number of hydrogen-bond acceptors (Lipinski definition) is 2. The molecule has 0 aliphatic carbocycles. The average molecular weight is 291 g/mol. The molecule has 0 saturated heterocycles. The number of aryl methyl sites for hydroxylation is 1. The summed E-state index contributed by atoms with van der Waals surface area (Å²) in [7, 11) is 0. The molecule has 0 spiro atoms. The summed E-state index contributed by atoms with van der Waals surface area (Å²) in [5.74, 6) is 0.362. The molecule has 21 heavy (non-hydrogen) atoms. The number of unbranched alkanes of at least 4 members (excludes halogenated alkanes) is 1. The molecule has 3 heteroatoms. The van der Waals surface area contributed by atoms with Crippen molar-refractivity contribution in [1.82, 2.24) is 5.32 Å². The zero-order chi connectivity index (χ0) is 15.7. The minimum absolute atomic E-state index is 0.0310. The van der Waals surface area contributed by atoms with Gasteiger partial charge in [-0.2, -0.15) is 0 Å². The first-order valence-electron chi connectivity index (χ1n) is 8.04.